The Morgan fingerprint density at radius 3 is 2.89 bits per heavy atom. The quantitative estimate of drug-likeness (QED) is 0.868. The number of carbonyl (C=O) groups is 1. The van der Waals surface area contributed by atoms with Crippen LogP contribution in [0.1, 0.15) is 11.1 Å². The Balaban J connectivity index is 1.85. The van der Waals surface area contributed by atoms with Gasteiger partial charge in [-0.15, -0.1) is 0 Å². The fourth-order valence-corrected chi connectivity index (χ4v) is 1.62. The van der Waals surface area contributed by atoms with Crippen molar-refractivity contribution in [2.75, 3.05) is 5.32 Å². The first kappa shape index (κ1) is 12.1. The number of carbonyl (C=O) groups excluding carboxylic acids is 1. The fourth-order valence-electron chi connectivity index (χ4n) is 1.62. The van der Waals surface area contributed by atoms with Crippen LogP contribution in [0.25, 0.3) is 0 Å². The summed E-state index contributed by atoms with van der Waals surface area (Å²) in [5.41, 5.74) is 2.94. The molecule has 0 spiro atoms. The SMILES string of the molecule is Cc1cccc(CNC(=O)Nc2cccnc2)c1. The first-order chi connectivity index (χ1) is 8.74. The second kappa shape index (κ2) is 5.82. The van der Waals surface area contributed by atoms with Gasteiger partial charge in [-0.25, -0.2) is 4.79 Å². The van der Waals surface area contributed by atoms with Crippen LogP contribution < -0.4 is 10.6 Å². The normalized spacial score (nSPS) is 9.83. The van der Waals surface area contributed by atoms with Gasteiger partial charge in [0.05, 0.1) is 11.9 Å². The molecule has 1 aromatic carbocycles. The molecule has 2 amide bonds. The molecule has 0 saturated heterocycles. The van der Waals surface area contributed by atoms with Crippen molar-refractivity contribution in [2.45, 2.75) is 13.5 Å². The van der Waals surface area contributed by atoms with Crippen molar-refractivity contribution < 1.29 is 4.79 Å². The highest BCUT2D eigenvalue weighted by Crippen LogP contribution is 2.04. The third-order valence-electron chi connectivity index (χ3n) is 2.45. The average Bonchev–Trinajstić information content (AvgIpc) is 2.38. The molecule has 0 aliphatic rings. The van der Waals surface area contributed by atoms with Gasteiger partial charge in [-0.05, 0) is 24.6 Å². The number of hydrogen-bond donors (Lipinski definition) is 2. The fraction of sp³-hybridized carbons (Fsp3) is 0.143. The zero-order valence-electron chi connectivity index (χ0n) is 10.2. The minimum atomic E-state index is -0.232. The Bertz CT molecular complexity index is 526. The van der Waals surface area contributed by atoms with Crippen LogP contribution in [0.15, 0.2) is 48.8 Å². The molecule has 0 saturated carbocycles. The van der Waals surface area contributed by atoms with Crippen LogP contribution in [-0.4, -0.2) is 11.0 Å². The number of nitrogens with zero attached hydrogens (tertiary/aromatic N) is 1. The topological polar surface area (TPSA) is 54.0 Å². The van der Waals surface area contributed by atoms with Crippen LogP contribution >= 0.6 is 0 Å². The summed E-state index contributed by atoms with van der Waals surface area (Å²) >= 11 is 0. The Hall–Kier alpha value is -2.36. The summed E-state index contributed by atoms with van der Waals surface area (Å²) in [5, 5.41) is 5.51. The zero-order valence-corrected chi connectivity index (χ0v) is 10.2. The van der Waals surface area contributed by atoms with E-state index in [9.17, 15) is 4.79 Å². The number of anilines is 1. The standard InChI is InChI=1S/C14H15N3O/c1-11-4-2-5-12(8-11)9-16-14(18)17-13-6-3-7-15-10-13/h2-8,10H,9H2,1H3,(H2,16,17,18). The third kappa shape index (κ3) is 3.59. The second-order valence-electron chi connectivity index (χ2n) is 4.04. The highest BCUT2D eigenvalue weighted by Gasteiger charge is 2.01. The lowest BCUT2D eigenvalue weighted by molar-refractivity contribution is 0.251. The minimum Gasteiger partial charge on any atom is -0.334 e. The molecular weight excluding hydrogens is 226 g/mol. The predicted molar refractivity (Wildman–Crippen MR) is 71.3 cm³/mol. The number of pyridine rings is 1. The van der Waals surface area contributed by atoms with E-state index in [0.717, 1.165) is 5.56 Å². The molecule has 4 nitrogen and oxygen atoms in total. The largest absolute Gasteiger partial charge is 0.334 e. The van der Waals surface area contributed by atoms with Crippen LogP contribution in [-0.2, 0) is 6.54 Å². The van der Waals surface area contributed by atoms with E-state index < -0.39 is 0 Å². The van der Waals surface area contributed by atoms with E-state index in [1.165, 1.54) is 5.56 Å². The van der Waals surface area contributed by atoms with Gasteiger partial charge in [-0.2, -0.15) is 0 Å². The van der Waals surface area contributed by atoms with Gasteiger partial charge in [-0.1, -0.05) is 29.8 Å². The number of rotatable bonds is 3. The molecule has 0 bridgehead atoms. The lowest BCUT2D eigenvalue weighted by atomic mass is 10.1. The number of hydrogen-bond acceptors (Lipinski definition) is 2. The third-order valence-corrected chi connectivity index (χ3v) is 2.45. The Morgan fingerprint density at radius 2 is 2.17 bits per heavy atom. The van der Waals surface area contributed by atoms with Crippen LogP contribution in [0.2, 0.25) is 0 Å². The molecule has 2 rings (SSSR count). The Morgan fingerprint density at radius 1 is 1.28 bits per heavy atom. The molecule has 92 valence electrons. The van der Waals surface area contributed by atoms with E-state index in [1.54, 1.807) is 24.5 Å². The van der Waals surface area contributed by atoms with E-state index in [1.807, 2.05) is 31.2 Å². The number of benzene rings is 1. The first-order valence-corrected chi connectivity index (χ1v) is 5.74. The van der Waals surface area contributed by atoms with Crippen molar-refractivity contribution in [3.8, 4) is 0 Å². The number of aromatic nitrogens is 1. The number of nitrogens with one attached hydrogen (secondary N) is 2. The van der Waals surface area contributed by atoms with Gasteiger partial charge in [0.25, 0.3) is 0 Å². The highest BCUT2D eigenvalue weighted by molar-refractivity contribution is 5.88. The van der Waals surface area contributed by atoms with Gasteiger partial charge >= 0.3 is 6.03 Å². The molecule has 0 fully saturated rings. The van der Waals surface area contributed by atoms with Gasteiger partial charge < -0.3 is 10.6 Å². The molecule has 1 heterocycles. The van der Waals surface area contributed by atoms with Crippen molar-refractivity contribution in [3.63, 3.8) is 0 Å². The van der Waals surface area contributed by atoms with Crippen LogP contribution in [0.5, 0.6) is 0 Å². The molecule has 2 N–H and O–H groups in total. The number of aryl methyl sites for hydroxylation is 1. The second-order valence-corrected chi connectivity index (χ2v) is 4.04. The molecular formula is C14H15N3O. The Labute approximate surface area is 106 Å². The summed E-state index contributed by atoms with van der Waals surface area (Å²) in [5.74, 6) is 0. The molecule has 18 heavy (non-hydrogen) atoms. The molecule has 0 radical (unpaired) electrons. The van der Waals surface area contributed by atoms with Gasteiger partial charge in [0.15, 0.2) is 0 Å². The summed E-state index contributed by atoms with van der Waals surface area (Å²) in [7, 11) is 0. The number of amides is 2. The van der Waals surface area contributed by atoms with Crippen molar-refractivity contribution >= 4 is 11.7 Å². The molecule has 0 aliphatic carbocycles. The first-order valence-electron chi connectivity index (χ1n) is 5.74. The molecule has 0 atom stereocenters. The summed E-state index contributed by atoms with van der Waals surface area (Å²) in [6, 6.07) is 11.4. The monoisotopic (exact) mass is 241 g/mol. The van der Waals surface area contributed by atoms with Gasteiger partial charge in [0, 0.05) is 12.7 Å². The lowest BCUT2D eigenvalue weighted by Crippen LogP contribution is -2.28. The maximum Gasteiger partial charge on any atom is 0.319 e. The van der Waals surface area contributed by atoms with E-state index in [4.69, 9.17) is 0 Å². The van der Waals surface area contributed by atoms with Crippen LogP contribution in [0, 0.1) is 6.92 Å². The van der Waals surface area contributed by atoms with Crippen molar-refractivity contribution in [1.29, 1.82) is 0 Å². The van der Waals surface area contributed by atoms with E-state index in [0.29, 0.717) is 12.2 Å². The highest BCUT2D eigenvalue weighted by atomic mass is 16.2. The predicted octanol–water partition coefficient (Wildman–Crippen LogP) is 2.71. The van der Waals surface area contributed by atoms with Crippen LogP contribution in [0.3, 0.4) is 0 Å². The maximum absolute atomic E-state index is 11.6. The smallest absolute Gasteiger partial charge is 0.319 e. The summed E-state index contributed by atoms with van der Waals surface area (Å²) in [6.45, 7) is 2.53. The molecule has 0 aliphatic heterocycles. The summed E-state index contributed by atoms with van der Waals surface area (Å²) in [4.78, 5) is 15.5. The van der Waals surface area contributed by atoms with Gasteiger partial charge in [0.2, 0.25) is 0 Å². The number of urea groups is 1. The Kier molecular flexibility index (Phi) is 3.91. The van der Waals surface area contributed by atoms with Gasteiger partial charge in [-0.3, -0.25) is 4.98 Å². The molecule has 2 aromatic rings. The maximum atomic E-state index is 11.6. The average molecular weight is 241 g/mol. The van der Waals surface area contributed by atoms with Crippen LogP contribution in [0.4, 0.5) is 10.5 Å². The van der Waals surface area contributed by atoms with Gasteiger partial charge in [0.1, 0.15) is 0 Å². The lowest BCUT2D eigenvalue weighted by Gasteiger charge is -2.07. The van der Waals surface area contributed by atoms with Crippen molar-refractivity contribution in [1.82, 2.24) is 10.3 Å². The summed E-state index contributed by atoms with van der Waals surface area (Å²) < 4.78 is 0. The molecule has 0 unspecified atom stereocenters. The van der Waals surface area contributed by atoms with E-state index in [2.05, 4.69) is 15.6 Å². The van der Waals surface area contributed by atoms with Crippen molar-refractivity contribution in [3.05, 3.63) is 59.9 Å². The minimum absolute atomic E-state index is 0.232. The summed E-state index contributed by atoms with van der Waals surface area (Å²) in [6.07, 6.45) is 3.27. The van der Waals surface area contributed by atoms with Crippen molar-refractivity contribution in [2.24, 2.45) is 0 Å². The van der Waals surface area contributed by atoms with E-state index >= 15 is 0 Å². The molecule has 4 heteroatoms. The van der Waals surface area contributed by atoms with E-state index in [-0.39, 0.29) is 6.03 Å². The molecule has 1 aromatic heterocycles. The zero-order chi connectivity index (χ0) is 12.8.